The number of aryl methyl sites for hydroxylation is 1. The minimum Gasteiger partial charge on any atom is -0.465 e. The van der Waals surface area contributed by atoms with Crippen LogP contribution in [0.25, 0.3) is 0 Å². The molecule has 0 aliphatic heterocycles. The third-order valence-corrected chi connectivity index (χ3v) is 2.17. The van der Waals surface area contributed by atoms with Gasteiger partial charge in [0.1, 0.15) is 5.82 Å². The molecule has 0 aliphatic carbocycles. The van der Waals surface area contributed by atoms with E-state index in [1.54, 1.807) is 6.92 Å². The fraction of sp³-hybridized carbons (Fsp3) is 0.222. The fourth-order valence-electron chi connectivity index (χ4n) is 0.928. The first kappa shape index (κ1) is 10.1. The molecule has 13 heavy (non-hydrogen) atoms. The maximum absolute atomic E-state index is 13.1. The van der Waals surface area contributed by atoms with E-state index in [4.69, 9.17) is 0 Å². The molecule has 0 amide bonds. The van der Waals surface area contributed by atoms with E-state index in [1.807, 2.05) is 0 Å². The molecule has 0 aromatic heterocycles. The van der Waals surface area contributed by atoms with Crippen molar-refractivity contribution in [1.82, 2.24) is 0 Å². The third-order valence-electron chi connectivity index (χ3n) is 1.69. The Morgan fingerprint density at radius 3 is 2.69 bits per heavy atom. The molecule has 1 rings (SSSR count). The van der Waals surface area contributed by atoms with E-state index in [9.17, 15) is 9.18 Å². The summed E-state index contributed by atoms with van der Waals surface area (Å²) in [5.74, 6) is -1.27. The predicted molar refractivity (Wildman–Crippen MR) is 49.7 cm³/mol. The van der Waals surface area contributed by atoms with Gasteiger partial charge >= 0.3 is 5.97 Å². The Bertz CT molecular complexity index is 350. The van der Waals surface area contributed by atoms with Crippen LogP contribution < -0.4 is 0 Å². The van der Waals surface area contributed by atoms with E-state index >= 15 is 0 Å². The van der Waals surface area contributed by atoms with Crippen LogP contribution in [0.4, 0.5) is 4.39 Å². The highest BCUT2D eigenvalue weighted by Gasteiger charge is 2.13. The molecule has 0 saturated carbocycles. The van der Waals surface area contributed by atoms with Gasteiger partial charge < -0.3 is 4.74 Å². The number of carbonyl (C=O) groups is 1. The van der Waals surface area contributed by atoms with Gasteiger partial charge in [-0.15, -0.1) is 12.6 Å². The summed E-state index contributed by atoms with van der Waals surface area (Å²) in [6, 6.07) is 2.62. The maximum Gasteiger partial charge on any atom is 0.340 e. The first-order chi connectivity index (χ1) is 6.06. The lowest BCUT2D eigenvalue weighted by Crippen LogP contribution is -2.04. The van der Waals surface area contributed by atoms with Gasteiger partial charge in [0.15, 0.2) is 0 Å². The van der Waals surface area contributed by atoms with E-state index in [1.165, 1.54) is 19.2 Å². The van der Waals surface area contributed by atoms with Crippen LogP contribution in [-0.2, 0) is 4.74 Å². The molecule has 0 N–H and O–H groups in total. The van der Waals surface area contributed by atoms with Crippen molar-refractivity contribution in [3.05, 3.63) is 29.1 Å². The Hall–Kier alpha value is -1.03. The highest BCUT2D eigenvalue weighted by molar-refractivity contribution is 7.80. The lowest BCUT2D eigenvalue weighted by atomic mass is 10.1. The zero-order valence-electron chi connectivity index (χ0n) is 7.30. The lowest BCUT2D eigenvalue weighted by molar-refractivity contribution is 0.0595. The van der Waals surface area contributed by atoms with Gasteiger partial charge in [0.2, 0.25) is 0 Å². The smallest absolute Gasteiger partial charge is 0.340 e. The summed E-state index contributed by atoms with van der Waals surface area (Å²) in [4.78, 5) is 11.6. The standard InChI is InChI=1S/C9H9FO2S/c1-5-3-7(10)6(4-8(5)13)9(11)12-2/h3-4,13H,1-2H3. The minimum absolute atomic E-state index is 0.0851. The number of ether oxygens (including phenoxy) is 1. The molecule has 0 unspecified atom stereocenters. The van der Waals surface area contributed by atoms with Crippen LogP contribution in [0.1, 0.15) is 15.9 Å². The van der Waals surface area contributed by atoms with Crippen molar-refractivity contribution in [2.75, 3.05) is 7.11 Å². The van der Waals surface area contributed by atoms with Crippen LogP contribution in [0.3, 0.4) is 0 Å². The normalized spacial score (nSPS) is 9.85. The Morgan fingerprint density at radius 1 is 1.54 bits per heavy atom. The molecule has 4 heteroatoms. The SMILES string of the molecule is COC(=O)c1cc(S)c(C)cc1F. The summed E-state index contributed by atoms with van der Waals surface area (Å²) < 4.78 is 17.5. The zero-order chi connectivity index (χ0) is 10.0. The van der Waals surface area contributed by atoms with Gasteiger partial charge in [0.25, 0.3) is 0 Å². The molecule has 1 aromatic carbocycles. The van der Waals surface area contributed by atoms with Gasteiger partial charge in [-0.25, -0.2) is 9.18 Å². The van der Waals surface area contributed by atoms with Crippen LogP contribution in [0.5, 0.6) is 0 Å². The van der Waals surface area contributed by atoms with Crippen LogP contribution in [0.2, 0.25) is 0 Å². The number of hydrogen-bond donors (Lipinski definition) is 1. The number of carbonyl (C=O) groups excluding carboxylic acids is 1. The highest BCUT2D eigenvalue weighted by atomic mass is 32.1. The van der Waals surface area contributed by atoms with Crippen LogP contribution in [-0.4, -0.2) is 13.1 Å². The molecule has 70 valence electrons. The van der Waals surface area contributed by atoms with E-state index in [0.29, 0.717) is 10.5 Å². The Morgan fingerprint density at radius 2 is 2.15 bits per heavy atom. The predicted octanol–water partition coefficient (Wildman–Crippen LogP) is 2.21. The van der Waals surface area contributed by atoms with Crippen molar-refractivity contribution in [1.29, 1.82) is 0 Å². The molecule has 0 spiro atoms. The van der Waals surface area contributed by atoms with E-state index < -0.39 is 11.8 Å². The third kappa shape index (κ3) is 2.01. The molecule has 0 fully saturated rings. The molecule has 0 atom stereocenters. The van der Waals surface area contributed by atoms with Crippen molar-refractivity contribution in [2.45, 2.75) is 11.8 Å². The van der Waals surface area contributed by atoms with E-state index in [2.05, 4.69) is 17.4 Å². The monoisotopic (exact) mass is 200 g/mol. The molecule has 0 bridgehead atoms. The Kier molecular flexibility index (Phi) is 2.93. The molecule has 2 nitrogen and oxygen atoms in total. The topological polar surface area (TPSA) is 26.3 Å². The van der Waals surface area contributed by atoms with Crippen LogP contribution in [0.15, 0.2) is 17.0 Å². The highest BCUT2D eigenvalue weighted by Crippen LogP contribution is 2.18. The second-order valence-electron chi connectivity index (χ2n) is 2.61. The molecule has 0 saturated heterocycles. The van der Waals surface area contributed by atoms with E-state index in [0.717, 1.165) is 0 Å². The van der Waals surface area contributed by atoms with Gasteiger partial charge in [-0.3, -0.25) is 0 Å². The molecular formula is C9H9FO2S. The van der Waals surface area contributed by atoms with Gasteiger partial charge in [0, 0.05) is 4.90 Å². The number of rotatable bonds is 1. The summed E-state index contributed by atoms with van der Waals surface area (Å²) in [5.41, 5.74) is 0.603. The second kappa shape index (κ2) is 3.79. The van der Waals surface area contributed by atoms with E-state index in [-0.39, 0.29) is 5.56 Å². The first-order valence-electron chi connectivity index (χ1n) is 3.63. The van der Waals surface area contributed by atoms with Gasteiger partial charge in [-0.05, 0) is 24.6 Å². The molecule has 0 heterocycles. The largest absolute Gasteiger partial charge is 0.465 e. The summed E-state index contributed by atoms with van der Waals surface area (Å²) in [7, 11) is 1.21. The number of halogens is 1. The van der Waals surface area contributed by atoms with Gasteiger partial charge in [-0.1, -0.05) is 0 Å². The Balaban J connectivity index is 3.23. The summed E-state index contributed by atoms with van der Waals surface area (Å²) in [6.45, 7) is 1.71. The molecule has 0 aliphatic rings. The lowest BCUT2D eigenvalue weighted by Gasteiger charge is -2.04. The van der Waals surface area contributed by atoms with Crippen LogP contribution in [0, 0.1) is 12.7 Å². The fourth-order valence-corrected chi connectivity index (χ4v) is 1.12. The van der Waals surface area contributed by atoms with Crippen molar-refractivity contribution >= 4 is 18.6 Å². The zero-order valence-corrected chi connectivity index (χ0v) is 8.19. The van der Waals surface area contributed by atoms with Gasteiger partial charge in [0.05, 0.1) is 12.7 Å². The number of hydrogen-bond acceptors (Lipinski definition) is 3. The quantitative estimate of drug-likeness (QED) is 0.555. The Labute approximate surface area is 81.1 Å². The van der Waals surface area contributed by atoms with Crippen molar-refractivity contribution in [2.24, 2.45) is 0 Å². The molecular weight excluding hydrogens is 191 g/mol. The minimum atomic E-state index is -0.687. The maximum atomic E-state index is 13.1. The average molecular weight is 200 g/mol. The average Bonchev–Trinajstić information content (AvgIpc) is 2.10. The number of benzene rings is 1. The van der Waals surface area contributed by atoms with Crippen LogP contribution >= 0.6 is 12.6 Å². The first-order valence-corrected chi connectivity index (χ1v) is 4.08. The summed E-state index contributed by atoms with van der Waals surface area (Å²) in [6.07, 6.45) is 0. The molecule has 1 aromatic rings. The van der Waals surface area contributed by atoms with Crippen molar-refractivity contribution in [3.63, 3.8) is 0 Å². The second-order valence-corrected chi connectivity index (χ2v) is 3.09. The number of methoxy groups -OCH3 is 1. The van der Waals surface area contributed by atoms with Gasteiger partial charge in [-0.2, -0.15) is 0 Å². The van der Waals surface area contributed by atoms with Crippen molar-refractivity contribution < 1.29 is 13.9 Å². The number of thiol groups is 1. The number of esters is 1. The summed E-state index contributed by atoms with van der Waals surface area (Å²) in [5, 5.41) is 0. The molecule has 0 radical (unpaired) electrons. The summed E-state index contributed by atoms with van der Waals surface area (Å²) >= 11 is 4.07. The van der Waals surface area contributed by atoms with Crippen molar-refractivity contribution in [3.8, 4) is 0 Å².